The van der Waals surface area contributed by atoms with Crippen LogP contribution in [0.5, 0.6) is 0 Å². The maximum Gasteiger partial charge on any atom is 0.220 e. The van der Waals surface area contributed by atoms with Gasteiger partial charge in [0.15, 0.2) is 5.78 Å². The summed E-state index contributed by atoms with van der Waals surface area (Å²) in [7, 11) is 2.02. The van der Waals surface area contributed by atoms with Gasteiger partial charge in [-0.1, -0.05) is 32.0 Å². The SMILES string of the molecule is CN1/C(=C\C(=O)CN2CCC(C(N)=O)CC2)C(C)(C)c2ccccc21. The van der Waals surface area contributed by atoms with Gasteiger partial charge in [0.25, 0.3) is 0 Å². The molecule has 1 fully saturated rings. The van der Waals surface area contributed by atoms with E-state index in [1.807, 2.05) is 19.2 Å². The smallest absolute Gasteiger partial charge is 0.220 e. The van der Waals surface area contributed by atoms with Crippen LogP contribution in [0.15, 0.2) is 36.0 Å². The Balaban J connectivity index is 1.69. The molecule has 0 aromatic heterocycles. The lowest BCUT2D eigenvalue weighted by Gasteiger charge is -2.30. The number of fused-ring (bicyclic) bond motifs is 1. The number of amides is 1. The number of likely N-dealkylation sites (tertiary alicyclic amines) is 1. The molecule has 0 bridgehead atoms. The minimum absolute atomic E-state index is 0.0425. The van der Waals surface area contributed by atoms with Crippen LogP contribution >= 0.6 is 0 Å². The molecule has 1 amide bonds. The molecule has 3 rings (SSSR count). The summed E-state index contributed by atoms with van der Waals surface area (Å²) < 4.78 is 0. The van der Waals surface area contributed by atoms with Crippen LogP contribution in [-0.4, -0.2) is 43.3 Å². The van der Waals surface area contributed by atoms with Crippen molar-refractivity contribution in [2.24, 2.45) is 11.7 Å². The van der Waals surface area contributed by atoms with Crippen molar-refractivity contribution in [2.75, 3.05) is 31.6 Å². The highest BCUT2D eigenvalue weighted by atomic mass is 16.1. The Morgan fingerprint density at radius 2 is 1.88 bits per heavy atom. The number of anilines is 1. The van der Waals surface area contributed by atoms with E-state index in [4.69, 9.17) is 5.73 Å². The summed E-state index contributed by atoms with van der Waals surface area (Å²) in [5, 5.41) is 0. The van der Waals surface area contributed by atoms with Crippen molar-refractivity contribution in [1.29, 1.82) is 0 Å². The van der Waals surface area contributed by atoms with Gasteiger partial charge in [-0.15, -0.1) is 0 Å². The first-order valence-electron chi connectivity index (χ1n) is 8.90. The molecule has 5 nitrogen and oxygen atoms in total. The van der Waals surface area contributed by atoms with E-state index < -0.39 is 0 Å². The zero-order valence-corrected chi connectivity index (χ0v) is 15.3. The van der Waals surface area contributed by atoms with Gasteiger partial charge in [-0.2, -0.15) is 0 Å². The van der Waals surface area contributed by atoms with Crippen molar-refractivity contribution in [3.63, 3.8) is 0 Å². The monoisotopic (exact) mass is 341 g/mol. The van der Waals surface area contributed by atoms with Gasteiger partial charge in [0.05, 0.1) is 6.54 Å². The van der Waals surface area contributed by atoms with E-state index in [1.54, 1.807) is 6.08 Å². The molecule has 1 saturated heterocycles. The van der Waals surface area contributed by atoms with Gasteiger partial charge in [-0.25, -0.2) is 0 Å². The molecular weight excluding hydrogens is 314 g/mol. The number of carbonyl (C=O) groups is 2. The molecule has 2 N–H and O–H groups in total. The molecule has 1 aromatic carbocycles. The fourth-order valence-corrected chi connectivity index (χ4v) is 4.05. The highest BCUT2D eigenvalue weighted by molar-refractivity contribution is 5.94. The topological polar surface area (TPSA) is 66.6 Å². The highest BCUT2D eigenvalue weighted by Gasteiger charge is 2.38. The molecule has 0 spiro atoms. The lowest BCUT2D eigenvalue weighted by Crippen LogP contribution is -2.40. The maximum atomic E-state index is 12.6. The van der Waals surface area contributed by atoms with Crippen LogP contribution in [0.1, 0.15) is 32.3 Å². The number of benzene rings is 1. The number of hydrogen-bond acceptors (Lipinski definition) is 4. The number of hydrogen-bond donors (Lipinski definition) is 1. The summed E-state index contributed by atoms with van der Waals surface area (Å²) in [5.41, 5.74) is 8.63. The van der Waals surface area contributed by atoms with E-state index in [9.17, 15) is 9.59 Å². The molecule has 5 heteroatoms. The summed E-state index contributed by atoms with van der Waals surface area (Å²) >= 11 is 0. The van der Waals surface area contributed by atoms with E-state index in [0.29, 0.717) is 6.54 Å². The lowest BCUT2D eigenvalue weighted by molar-refractivity contribution is -0.123. The number of allylic oxidation sites excluding steroid dienone is 1. The molecule has 0 aliphatic carbocycles. The predicted octanol–water partition coefficient (Wildman–Crippen LogP) is 2.06. The standard InChI is InChI=1S/C20H27N3O2/c1-20(2)16-6-4-5-7-17(16)22(3)18(20)12-15(24)13-23-10-8-14(9-11-23)19(21)25/h4-7,12,14H,8-11,13H2,1-3H3,(H2,21,25)/b18-12-. The van der Waals surface area contributed by atoms with E-state index in [1.165, 1.54) is 5.56 Å². The number of piperidine rings is 1. The maximum absolute atomic E-state index is 12.6. The third-order valence-corrected chi connectivity index (χ3v) is 5.61. The van der Waals surface area contributed by atoms with Crippen molar-refractivity contribution in [3.05, 3.63) is 41.6 Å². The minimum Gasteiger partial charge on any atom is -0.369 e. The highest BCUT2D eigenvalue weighted by Crippen LogP contribution is 2.46. The van der Waals surface area contributed by atoms with E-state index >= 15 is 0 Å². The Morgan fingerprint density at radius 3 is 2.48 bits per heavy atom. The fourth-order valence-electron chi connectivity index (χ4n) is 4.05. The summed E-state index contributed by atoms with van der Waals surface area (Å²) in [6, 6.07) is 8.30. The van der Waals surface area contributed by atoms with E-state index in [0.717, 1.165) is 37.3 Å². The van der Waals surface area contributed by atoms with Gasteiger partial charge in [0.1, 0.15) is 0 Å². The minimum atomic E-state index is -0.222. The predicted molar refractivity (Wildman–Crippen MR) is 99.3 cm³/mol. The van der Waals surface area contributed by atoms with Gasteiger partial charge >= 0.3 is 0 Å². The quantitative estimate of drug-likeness (QED) is 0.852. The number of para-hydroxylation sites is 1. The third-order valence-electron chi connectivity index (χ3n) is 5.61. The van der Waals surface area contributed by atoms with Gasteiger partial charge in [-0.05, 0) is 37.6 Å². The van der Waals surface area contributed by atoms with Gasteiger partial charge < -0.3 is 10.6 Å². The van der Waals surface area contributed by atoms with Crippen LogP contribution in [0.4, 0.5) is 5.69 Å². The largest absolute Gasteiger partial charge is 0.369 e. The number of ketones is 1. The molecule has 0 radical (unpaired) electrons. The zero-order valence-electron chi connectivity index (χ0n) is 15.3. The summed E-state index contributed by atoms with van der Waals surface area (Å²) in [6.07, 6.45) is 3.28. The molecule has 0 unspecified atom stereocenters. The van der Waals surface area contributed by atoms with Crippen LogP contribution < -0.4 is 10.6 Å². The molecule has 2 aliphatic heterocycles. The molecule has 0 atom stereocenters. The van der Waals surface area contributed by atoms with Crippen LogP contribution in [0.25, 0.3) is 0 Å². The zero-order chi connectivity index (χ0) is 18.2. The number of nitrogens with zero attached hydrogens (tertiary/aromatic N) is 2. The number of primary amides is 1. The summed E-state index contributed by atoms with van der Waals surface area (Å²) in [4.78, 5) is 28.1. The van der Waals surface area contributed by atoms with Gasteiger partial charge in [0.2, 0.25) is 5.91 Å². The second-order valence-corrected chi connectivity index (χ2v) is 7.65. The number of nitrogens with two attached hydrogens (primary N) is 1. The first-order chi connectivity index (χ1) is 11.8. The van der Waals surface area contributed by atoms with Crippen LogP contribution in [0.2, 0.25) is 0 Å². The van der Waals surface area contributed by atoms with Gasteiger partial charge in [0, 0.05) is 35.8 Å². The Kier molecular flexibility index (Phi) is 4.69. The van der Waals surface area contributed by atoms with Crippen LogP contribution in [-0.2, 0) is 15.0 Å². The van der Waals surface area contributed by atoms with E-state index in [-0.39, 0.29) is 23.0 Å². The second kappa shape index (κ2) is 6.64. The number of rotatable bonds is 4. The van der Waals surface area contributed by atoms with Gasteiger partial charge in [-0.3, -0.25) is 14.5 Å². The van der Waals surface area contributed by atoms with Crippen LogP contribution in [0, 0.1) is 5.92 Å². The lowest BCUT2D eigenvalue weighted by atomic mass is 9.83. The molecular formula is C20H27N3O2. The van der Waals surface area contributed by atoms with Crippen LogP contribution in [0.3, 0.4) is 0 Å². The average molecular weight is 341 g/mol. The fraction of sp³-hybridized carbons (Fsp3) is 0.500. The first-order valence-corrected chi connectivity index (χ1v) is 8.90. The Hall–Kier alpha value is -2.14. The first kappa shape index (κ1) is 17.7. The number of carbonyl (C=O) groups excluding carboxylic acids is 2. The molecule has 25 heavy (non-hydrogen) atoms. The van der Waals surface area contributed by atoms with Crippen molar-refractivity contribution < 1.29 is 9.59 Å². The van der Waals surface area contributed by atoms with Crippen molar-refractivity contribution in [3.8, 4) is 0 Å². The molecule has 1 aromatic rings. The third kappa shape index (κ3) is 3.33. The molecule has 2 aliphatic rings. The Morgan fingerprint density at radius 1 is 1.24 bits per heavy atom. The van der Waals surface area contributed by atoms with E-state index in [2.05, 4.69) is 35.8 Å². The van der Waals surface area contributed by atoms with Crippen molar-refractivity contribution in [1.82, 2.24) is 4.90 Å². The summed E-state index contributed by atoms with van der Waals surface area (Å²) in [6.45, 7) is 6.22. The Labute approximate surface area is 149 Å². The number of likely N-dealkylation sites (N-methyl/N-ethyl adjacent to an activating group) is 1. The normalized spacial score (nSPS) is 22.2. The molecule has 0 saturated carbocycles. The molecule has 2 heterocycles. The Bertz CT molecular complexity index is 715. The second-order valence-electron chi connectivity index (χ2n) is 7.65. The summed E-state index contributed by atoms with van der Waals surface area (Å²) in [5.74, 6) is -0.153. The van der Waals surface area contributed by atoms with Crippen molar-refractivity contribution >= 4 is 17.4 Å². The average Bonchev–Trinajstić information content (AvgIpc) is 2.77. The molecule has 134 valence electrons. The van der Waals surface area contributed by atoms with Crippen molar-refractivity contribution in [2.45, 2.75) is 32.1 Å².